The number of carbonyl (C=O) groups is 1. The topological polar surface area (TPSA) is 70.7 Å². The second-order valence-corrected chi connectivity index (χ2v) is 3.89. The highest BCUT2D eigenvalue weighted by atomic mass is 35.5. The van der Waals surface area contributed by atoms with Crippen LogP contribution >= 0.6 is 11.6 Å². The smallest absolute Gasteiger partial charge is 0.254 e. The van der Waals surface area contributed by atoms with Crippen molar-refractivity contribution in [1.29, 1.82) is 0 Å². The highest BCUT2D eigenvalue weighted by Crippen LogP contribution is 2.13. The predicted molar refractivity (Wildman–Crippen MR) is 63.8 cm³/mol. The van der Waals surface area contributed by atoms with Crippen LogP contribution in [0.4, 0.5) is 4.39 Å². The molecule has 7 heteroatoms. The molecule has 2 aromatic heterocycles. The van der Waals surface area contributed by atoms with Crippen LogP contribution in [0.25, 0.3) is 0 Å². The van der Waals surface area contributed by atoms with E-state index in [1.165, 1.54) is 0 Å². The maximum atomic E-state index is 12.9. The van der Waals surface area contributed by atoms with Crippen molar-refractivity contribution in [3.63, 3.8) is 0 Å². The van der Waals surface area contributed by atoms with Gasteiger partial charge in [-0.1, -0.05) is 11.6 Å². The fraction of sp³-hybridized carbons (Fsp3) is 0.182. The van der Waals surface area contributed by atoms with Gasteiger partial charge in [-0.2, -0.15) is 0 Å². The third-order valence-electron chi connectivity index (χ3n) is 2.25. The number of pyridine rings is 1. The second kappa shape index (κ2) is 5.59. The van der Waals surface area contributed by atoms with Crippen LogP contribution in [0.3, 0.4) is 0 Å². The molecule has 94 valence electrons. The van der Waals surface area contributed by atoms with E-state index in [4.69, 9.17) is 11.6 Å². The Morgan fingerprint density at radius 1 is 1.50 bits per heavy atom. The van der Waals surface area contributed by atoms with Gasteiger partial charge in [0, 0.05) is 25.4 Å². The number of aromatic amines is 1. The number of rotatable bonds is 4. The second-order valence-electron chi connectivity index (χ2n) is 3.53. The fourth-order valence-electron chi connectivity index (χ4n) is 1.41. The van der Waals surface area contributed by atoms with Crippen molar-refractivity contribution in [1.82, 2.24) is 20.3 Å². The van der Waals surface area contributed by atoms with Crippen LogP contribution in [0.15, 0.2) is 24.7 Å². The Bertz CT molecular complexity index is 544. The fourth-order valence-corrected chi connectivity index (χ4v) is 1.60. The zero-order valence-electron chi connectivity index (χ0n) is 9.28. The quantitative estimate of drug-likeness (QED) is 0.827. The molecular weight excluding hydrogens is 259 g/mol. The number of nitrogens with one attached hydrogen (secondary N) is 2. The maximum absolute atomic E-state index is 12.9. The maximum Gasteiger partial charge on any atom is 0.254 e. The lowest BCUT2D eigenvalue weighted by Crippen LogP contribution is -2.26. The Morgan fingerprint density at radius 3 is 3.06 bits per heavy atom. The minimum Gasteiger partial charge on any atom is -0.351 e. The van der Waals surface area contributed by atoms with Gasteiger partial charge in [0.2, 0.25) is 0 Å². The summed E-state index contributed by atoms with van der Waals surface area (Å²) in [5, 5.41) is 2.59. The number of aromatic nitrogens is 3. The van der Waals surface area contributed by atoms with E-state index >= 15 is 0 Å². The number of amides is 1. The highest BCUT2D eigenvalue weighted by molar-refractivity contribution is 6.32. The van der Waals surface area contributed by atoms with E-state index in [9.17, 15) is 9.18 Å². The van der Waals surface area contributed by atoms with Gasteiger partial charge in [0.05, 0.1) is 11.8 Å². The Morgan fingerprint density at radius 2 is 2.33 bits per heavy atom. The summed E-state index contributed by atoms with van der Waals surface area (Å²) >= 11 is 5.71. The minimum atomic E-state index is -0.601. The van der Waals surface area contributed by atoms with Crippen molar-refractivity contribution in [2.75, 3.05) is 6.54 Å². The number of hydrogen-bond donors (Lipinski definition) is 2. The lowest BCUT2D eigenvalue weighted by molar-refractivity contribution is 0.0953. The first-order valence-electron chi connectivity index (χ1n) is 5.24. The van der Waals surface area contributed by atoms with E-state index in [1.54, 1.807) is 12.4 Å². The number of nitrogens with zero attached hydrogens (tertiary/aromatic N) is 2. The van der Waals surface area contributed by atoms with Gasteiger partial charge in [0.1, 0.15) is 16.8 Å². The Balaban J connectivity index is 1.93. The normalized spacial score (nSPS) is 10.3. The predicted octanol–water partition coefficient (Wildman–Crippen LogP) is 1.57. The molecule has 2 heterocycles. The third kappa shape index (κ3) is 3.04. The SMILES string of the molecule is O=C(NCCc1ncc[nH]1)c1cc(F)cnc1Cl. The van der Waals surface area contributed by atoms with Crippen LogP contribution in [0.5, 0.6) is 0 Å². The first kappa shape index (κ1) is 12.5. The van der Waals surface area contributed by atoms with Crippen molar-refractivity contribution in [2.24, 2.45) is 0 Å². The van der Waals surface area contributed by atoms with E-state index < -0.39 is 11.7 Å². The molecule has 0 radical (unpaired) electrons. The number of halogens is 2. The largest absolute Gasteiger partial charge is 0.351 e. The number of imidazole rings is 1. The van der Waals surface area contributed by atoms with Crippen molar-refractivity contribution in [2.45, 2.75) is 6.42 Å². The van der Waals surface area contributed by atoms with Crippen LogP contribution in [0.2, 0.25) is 5.15 Å². The van der Waals surface area contributed by atoms with Crippen LogP contribution in [-0.2, 0) is 6.42 Å². The van der Waals surface area contributed by atoms with E-state index in [2.05, 4.69) is 20.3 Å². The molecule has 0 aliphatic heterocycles. The number of hydrogen-bond acceptors (Lipinski definition) is 3. The number of carbonyl (C=O) groups excluding carboxylic acids is 1. The molecule has 18 heavy (non-hydrogen) atoms. The first-order valence-corrected chi connectivity index (χ1v) is 5.62. The molecule has 0 unspecified atom stereocenters. The average molecular weight is 269 g/mol. The van der Waals surface area contributed by atoms with Gasteiger partial charge in [-0.3, -0.25) is 4.79 Å². The molecule has 0 spiro atoms. The summed E-state index contributed by atoms with van der Waals surface area (Å²) in [6, 6.07) is 1.05. The van der Waals surface area contributed by atoms with Crippen molar-refractivity contribution < 1.29 is 9.18 Å². The minimum absolute atomic E-state index is 0.0214. The third-order valence-corrected chi connectivity index (χ3v) is 2.55. The van der Waals surface area contributed by atoms with Crippen molar-refractivity contribution in [3.05, 3.63) is 47.0 Å². The summed E-state index contributed by atoms with van der Waals surface area (Å²) in [5.41, 5.74) is 0.0242. The molecule has 2 rings (SSSR count). The molecule has 0 aromatic carbocycles. The molecular formula is C11H10ClFN4O. The van der Waals surface area contributed by atoms with Gasteiger partial charge in [0.15, 0.2) is 0 Å². The van der Waals surface area contributed by atoms with Gasteiger partial charge < -0.3 is 10.3 Å². The highest BCUT2D eigenvalue weighted by Gasteiger charge is 2.12. The van der Waals surface area contributed by atoms with E-state index in [0.717, 1.165) is 18.1 Å². The lowest BCUT2D eigenvalue weighted by atomic mass is 10.2. The monoisotopic (exact) mass is 268 g/mol. The van der Waals surface area contributed by atoms with Crippen molar-refractivity contribution >= 4 is 17.5 Å². The molecule has 0 bridgehead atoms. The molecule has 0 saturated heterocycles. The number of H-pyrrole nitrogens is 1. The average Bonchev–Trinajstić information content (AvgIpc) is 2.85. The van der Waals surface area contributed by atoms with Gasteiger partial charge >= 0.3 is 0 Å². The lowest BCUT2D eigenvalue weighted by Gasteiger charge is -2.05. The van der Waals surface area contributed by atoms with Crippen LogP contribution < -0.4 is 5.32 Å². The molecule has 5 nitrogen and oxygen atoms in total. The van der Waals surface area contributed by atoms with Crippen LogP contribution in [0, 0.1) is 5.82 Å². The molecule has 0 aliphatic carbocycles. The molecule has 0 atom stereocenters. The summed E-state index contributed by atoms with van der Waals surface area (Å²) in [5.74, 6) is -0.298. The molecule has 1 amide bonds. The van der Waals surface area contributed by atoms with Crippen LogP contribution in [-0.4, -0.2) is 27.4 Å². The summed E-state index contributed by atoms with van der Waals surface area (Å²) in [4.78, 5) is 22.2. The standard InChI is InChI=1S/C11H10ClFN4O/c12-10-8(5-7(13)6-17-10)11(18)16-2-1-9-14-3-4-15-9/h3-6H,1-2H2,(H,14,15)(H,16,18). The summed E-state index contributed by atoms with van der Waals surface area (Å²) < 4.78 is 12.9. The molecule has 2 N–H and O–H groups in total. The van der Waals surface area contributed by atoms with Crippen LogP contribution in [0.1, 0.15) is 16.2 Å². The van der Waals surface area contributed by atoms with Gasteiger partial charge in [-0.25, -0.2) is 14.4 Å². The summed E-state index contributed by atoms with van der Waals surface area (Å²) in [7, 11) is 0. The summed E-state index contributed by atoms with van der Waals surface area (Å²) in [6.07, 6.45) is 4.84. The Kier molecular flexibility index (Phi) is 3.88. The van der Waals surface area contributed by atoms with E-state index in [-0.39, 0.29) is 10.7 Å². The summed E-state index contributed by atoms with van der Waals surface area (Å²) in [6.45, 7) is 0.374. The zero-order chi connectivity index (χ0) is 13.0. The van der Waals surface area contributed by atoms with Crippen molar-refractivity contribution in [3.8, 4) is 0 Å². The molecule has 2 aromatic rings. The van der Waals surface area contributed by atoms with E-state index in [1.807, 2.05) is 0 Å². The van der Waals surface area contributed by atoms with Gasteiger partial charge in [-0.15, -0.1) is 0 Å². The zero-order valence-corrected chi connectivity index (χ0v) is 10.0. The molecule has 0 saturated carbocycles. The molecule has 0 aliphatic rings. The Hall–Kier alpha value is -1.95. The van der Waals surface area contributed by atoms with E-state index in [0.29, 0.717) is 13.0 Å². The first-order chi connectivity index (χ1) is 8.66. The molecule has 0 fully saturated rings. The van der Waals surface area contributed by atoms with Gasteiger partial charge in [-0.05, 0) is 6.07 Å². The van der Waals surface area contributed by atoms with Gasteiger partial charge in [0.25, 0.3) is 5.91 Å². The Labute approximate surface area is 107 Å².